The van der Waals surface area contributed by atoms with Crippen molar-refractivity contribution in [2.75, 3.05) is 11.9 Å². The second-order valence-electron chi connectivity index (χ2n) is 5.07. The first-order chi connectivity index (χ1) is 8.75. The van der Waals surface area contributed by atoms with Crippen molar-refractivity contribution in [3.05, 3.63) is 29.8 Å². The lowest BCUT2D eigenvalue weighted by Crippen LogP contribution is -2.41. The van der Waals surface area contributed by atoms with Crippen molar-refractivity contribution in [1.29, 1.82) is 0 Å². The number of hydrogen-bond donors (Lipinski definition) is 2. The molecule has 1 fully saturated rings. The van der Waals surface area contributed by atoms with E-state index >= 15 is 0 Å². The Morgan fingerprint density at radius 3 is 2.94 bits per heavy atom. The SMILES string of the molecule is Cc1cccc(NC(=O)C2CCCCCCN2)c1. The minimum Gasteiger partial charge on any atom is -0.325 e. The third kappa shape index (κ3) is 3.84. The fourth-order valence-corrected chi connectivity index (χ4v) is 2.38. The molecule has 18 heavy (non-hydrogen) atoms. The molecule has 0 bridgehead atoms. The van der Waals surface area contributed by atoms with Crippen molar-refractivity contribution in [1.82, 2.24) is 5.32 Å². The van der Waals surface area contributed by atoms with Gasteiger partial charge in [-0.2, -0.15) is 0 Å². The largest absolute Gasteiger partial charge is 0.325 e. The van der Waals surface area contributed by atoms with Crippen LogP contribution in [0.5, 0.6) is 0 Å². The van der Waals surface area contributed by atoms with E-state index in [4.69, 9.17) is 0 Å². The van der Waals surface area contributed by atoms with Crippen LogP contribution in [0.1, 0.15) is 37.7 Å². The number of nitrogens with one attached hydrogen (secondary N) is 2. The van der Waals surface area contributed by atoms with E-state index in [2.05, 4.69) is 10.6 Å². The average molecular weight is 246 g/mol. The molecule has 1 atom stereocenters. The minimum absolute atomic E-state index is 0.0363. The molecule has 1 aliphatic heterocycles. The summed E-state index contributed by atoms with van der Waals surface area (Å²) >= 11 is 0. The van der Waals surface area contributed by atoms with E-state index in [-0.39, 0.29) is 11.9 Å². The Bertz CT molecular complexity index is 395. The van der Waals surface area contributed by atoms with Crippen LogP contribution in [-0.2, 0) is 4.79 Å². The first-order valence-corrected chi connectivity index (χ1v) is 6.86. The zero-order valence-electron chi connectivity index (χ0n) is 11.0. The fourth-order valence-electron chi connectivity index (χ4n) is 2.38. The van der Waals surface area contributed by atoms with E-state index in [1.54, 1.807) is 0 Å². The van der Waals surface area contributed by atoms with Gasteiger partial charge in [0.15, 0.2) is 0 Å². The first-order valence-electron chi connectivity index (χ1n) is 6.86. The number of hydrogen-bond acceptors (Lipinski definition) is 2. The van der Waals surface area contributed by atoms with Gasteiger partial charge in [0.25, 0.3) is 0 Å². The Balaban J connectivity index is 1.93. The maximum atomic E-state index is 12.2. The van der Waals surface area contributed by atoms with Gasteiger partial charge in [-0.25, -0.2) is 0 Å². The average Bonchev–Trinajstić information content (AvgIpc) is 2.28. The monoisotopic (exact) mass is 246 g/mol. The molecule has 0 aliphatic carbocycles. The van der Waals surface area contributed by atoms with Crippen LogP contribution in [0.15, 0.2) is 24.3 Å². The predicted molar refractivity (Wildman–Crippen MR) is 74.7 cm³/mol. The smallest absolute Gasteiger partial charge is 0.241 e. The standard InChI is InChI=1S/C15H22N2O/c1-12-7-6-8-13(11-12)17-15(18)14-9-4-2-3-5-10-16-14/h6-8,11,14,16H,2-5,9-10H2,1H3,(H,17,18). The fraction of sp³-hybridized carbons (Fsp3) is 0.533. The molecule has 0 saturated carbocycles. The van der Waals surface area contributed by atoms with Crippen LogP contribution in [0.2, 0.25) is 0 Å². The van der Waals surface area contributed by atoms with E-state index in [1.807, 2.05) is 31.2 Å². The van der Waals surface area contributed by atoms with Crippen molar-refractivity contribution in [3.8, 4) is 0 Å². The molecule has 1 saturated heterocycles. The summed E-state index contributed by atoms with van der Waals surface area (Å²) in [6.45, 7) is 2.98. The molecule has 98 valence electrons. The van der Waals surface area contributed by atoms with Crippen LogP contribution in [0.25, 0.3) is 0 Å². The molecule has 1 amide bonds. The number of aryl methyl sites for hydroxylation is 1. The maximum absolute atomic E-state index is 12.2. The summed E-state index contributed by atoms with van der Waals surface area (Å²) in [6.07, 6.45) is 5.78. The minimum atomic E-state index is -0.0363. The first kappa shape index (κ1) is 13.1. The third-order valence-corrected chi connectivity index (χ3v) is 3.41. The van der Waals surface area contributed by atoms with Crippen LogP contribution in [0.3, 0.4) is 0 Å². The van der Waals surface area contributed by atoms with E-state index < -0.39 is 0 Å². The van der Waals surface area contributed by atoms with Crippen molar-refractivity contribution >= 4 is 11.6 Å². The lowest BCUT2D eigenvalue weighted by Gasteiger charge is -2.20. The number of amides is 1. The van der Waals surface area contributed by atoms with Gasteiger partial charge in [-0.15, -0.1) is 0 Å². The van der Waals surface area contributed by atoms with E-state index in [0.29, 0.717) is 0 Å². The van der Waals surface area contributed by atoms with E-state index in [9.17, 15) is 4.79 Å². The van der Waals surface area contributed by atoms with Gasteiger partial charge in [0.1, 0.15) is 0 Å². The molecule has 1 aliphatic rings. The molecule has 0 radical (unpaired) electrons. The zero-order valence-corrected chi connectivity index (χ0v) is 11.0. The van der Waals surface area contributed by atoms with E-state index in [0.717, 1.165) is 25.1 Å². The van der Waals surface area contributed by atoms with Gasteiger partial charge in [-0.05, 0) is 44.0 Å². The highest BCUT2D eigenvalue weighted by Crippen LogP contribution is 2.13. The Morgan fingerprint density at radius 2 is 2.11 bits per heavy atom. The topological polar surface area (TPSA) is 41.1 Å². The van der Waals surface area contributed by atoms with Gasteiger partial charge in [0, 0.05) is 5.69 Å². The Labute approximate surface area is 109 Å². The van der Waals surface area contributed by atoms with Crippen LogP contribution < -0.4 is 10.6 Å². The molecule has 1 unspecified atom stereocenters. The highest BCUT2D eigenvalue weighted by Gasteiger charge is 2.18. The molecule has 1 aromatic carbocycles. The van der Waals surface area contributed by atoms with Crippen LogP contribution in [0, 0.1) is 6.92 Å². The molecule has 1 heterocycles. The van der Waals surface area contributed by atoms with Gasteiger partial charge in [-0.1, -0.05) is 31.4 Å². The highest BCUT2D eigenvalue weighted by molar-refractivity contribution is 5.94. The maximum Gasteiger partial charge on any atom is 0.241 e. The lowest BCUT2D eigenvalue weighted by atomic mass is 10.0. The molecular weight excluding hydrogens is 224 g/mol. The van der Waals surface area contributed by atoms with E-state index in [1.165, 1.54) is 24.8 Å². The normalized spacial score (nSPS) is 20.8. The van der Waals surface area contributed by atoms with Crippen molar-refractivity contribution < 1.29 is 4.79 Å². The third-order valence-electron chi connectivity index (χ3n) is 3.41. The summed E-state index contributed by atoms with van der Waals surface area (Å²) in [5, 5.41) is 6.34. The van der Waals surface area contributed by atoms with Gasteiger partial charge in [0.2, 0.25) is 5.91 Å². The molecule has 2 N–H and O–H groups in total. The number of carbonyl (C=O) groups excluding carboxylic acids is 1. The molecule has 3 nitrogen and oxygen atoms in total. The summed E-state index contributed by atoms with van der Waals surface area (Å²) in [4.78, 5) is 12.2. The molecular formula is C15H22N2O. The van der Waals surface area contributed by atoms with Crippen LogP contribution in [0.4, 0.5) is 5.69 Å². The number of benzene rings is 1. The molecule has 3 heteroatoms. The van der Waals surface area contributed by atoms with Crippen molar-refractivity contribution in [2.45, 2.75) is 45.1 Å². The predicted octanol–water partition coefficient (Wildman–Crippen LogP) is 2.86. The van der Waals surface area contributed by atoms with Crippen LogP contribution >= 0.6 is 0 Å². The van der Waals surface area contributed by atoms with Gasteiger partial charge >= 0.3 is 0 Å². The van der Waals surface area contributed by atoms with Gasteiger partial charge in [0.05, 0.1) is 6.04 Å². The molecule has 1 aromatic rings. The number of rotatable bonds is 2. The summed E-state index contributed by atoms with van der Waals surface area (Å²) < 4.78 is 0. The molecule has 2 rings (SSSR count). The zero-order chi connectivity index (χ0) is 12.8. The second-order valence-corrected chi connectivity index (χ2v) is 5.07. The Hall–Kier alpha value is -1.35. The number of anilines is 1. The van der Waals surface area contributed by atoms with Gasteiger partial charge in [-0.3, -0.25) is 4.79 Å². The van der Waals surface area contributed by atoms with Gasteiger partial charge < -0.3 is 10.6 Å². The summed E-state index contributed by atoms with van der Waals surface area (Å²) in [5.74, 6) is 0.0995. The van der Waals surface area contributed by atoms with Crippen molar-refractivity contribution in [2.24, 2.45) is 0 Å². The summed E-state index contributed by atoms with van der Waals surface area (Å²) in [7, 11) is 0. The Kier molecular flexibility index (Phi) is 4.76. The molecule has 0 spiro atoms. The quantitative estimate of drug-likeness (QED) is 0.842. The summed E-state index contributed by atoms with van der Waals surface area (Å²) in [6, 6.07) is 7.90. The highest BCUT2D eigenvalue weighted by atomic mass is 16.2. The lowest BCUT2D eigenvalue weighted by molar-refractivity contribution is -0.118. The molecule has 0 aromatic heterocycles. The van der Waals surface area contributed by atoms with Crippen molar-refractivity contribution in [3.63, 3.8) is 0 Å². The second kappa shape index (κ2) is 6.55. The summed E-state index contributed by atoms with van der Waals surface area (Å²) in [5.41, 5.74) is 2.06. The number of carbonyl (C=O) groups is 1. The Morgan fingerprint density at radius 1 is 1.28 bits per heavy atom. The van der Waals surface area contributed by atoms with Crippen LogP contribution in [-0.4, -0.2) is 18.5 Å².